The Kier molecular flexibility index (Phi) is 5.76. The van der Waals surface area contributed by atoms with Crippen molar-refractivity contribution in [2.75, 3.05) is 6.61 Å². The van der Waals surface area contributed by atoms with Crippen molar-refractivity contribution in [3.05, 3.63) is 93.5 Å². The van der Waals surface area contributed by atoms with Crippen LogP contribution in [-0.2, 0) is 12.3 Å². The van der Waals surface area contributed by atoms with E-state index in [0.717, 1.165) is 0 Å². The van der Waals surface area contributed by atoms with E-state index in [0.29, 0.717) is 44.8 Å². The topological polar surface area (TPSA) is 53.4 Å². The number of nitrogens with zero attached hydrogens (tertiary/aromatic N) is 2. The number of aromatic nitrogens is 2. The highest BCUT2D eigenvalue weighted by Crippen LogP contribution is 2.32. The van der Waals surface area contributed by atoms with E-state index in [-0.39, 0.29) is 29.8 Å². The van der Waals surface area contributed by atoms with Gasteiger partial charge in [0.05, 0.1) is 17.4 Å². The van der Waals surface area contributed by atoms with E-state index in [1.807, 2.05) is 30.3 Å². The largest absolute Gasteiger partial charge is 0.486 e. The van der Waals surface area contributed by atoms with E-state index in [4.69, 9.17) is 21.1 Å². The summed E-state index contributed by atoms with van der Waals surface area (Å²) in [5.74, 6) is 1.16. The van der Waals surface area contributed by atoms with Crippen molar-refractivity contribution in [2.45, 2.75) is 23.6 Å². The van der Waals surface area contributed by atoms with Gasteiger partial charge in [0.15, 0.2) is 22.8 Å². The first-order chi connectivity index (χ1) is 15.6. The standard InChI is InChI=1S/C24H18ClFN2O3S/c25-18-7-5-8-19(26)17(18)14-32-24-27-20-9-2-1-6-16(20)23(29)28(24)12-15-13-30-21-10-3-4-11-22(21)31-15/h1-11,15H,12-14H2/t15-/m1/s1. The highest BCUT2D eigenvalue weighted by atomic mass is 35.5. The van der Waals surface area contributed by atoms with Crippen LogP contribution in [0.1, 0.15) is 5.56 Å². The highest BCUT2D eigenvalue weighted by molar-refractivity contribution is 7.98. The van der Waals surface area contributed by atoms with Gasteiger partial charge in [-0.1, -0.05) is 53.7 Å². The molecule has 0 fully saturated rings. The first-order valence-electron chi connectivity index (χ1n) is 10.0. The number of para-hydroxylation sites is 3. The molecule has 0 spiro atoms. The summed E-state index contributed by atoms with van der Waals surface area (Å²) in [5, 5.41) is 1.32. The number of benzene rings is 3. The zero-order valence-corrected chi connectivity index (χ0v) is 18.4. The second kappa shape index (κ2) is 8.84. The fourth-order valence-corrected chi connectivity index (χ4v) is 4.93. The average Bonchev–Trinajstić information content (AvgIpc) is 2.81. The molecule has 1 aliphatic heterocycles. The van der Waals surface area contributed by atoms with E-state index < -0.39 is 0 Å². The van der Waals surface area contributed by atoms with Crippen LogP contribution in [0.3, 0.4) is 0 Å². The van der Waals surface area contributed by atoms with Gasteiger partial charge in [0.25, 0.3) is 5.56 Å². The van der Waals surface area contributed by atoms with Crippen LogP contribution in [0, 0.1) is 5.82 Å². The Morgan fingerprint density at radius 1 is 1.06 bits per heavy atom. The highest BCUT2D eigenvalue weighted by Gasteiger charge is 2.24. The van der Waals surface area contributed by atoms with Crippen LogP contribution in [0.4, 0.5) is 4.39 Å². The van der Waals surface area contributed by atoms with Crippen LogP contribution in [-0.4, -0.2) is 22.3 Å². The summed E-state index contributed by atoms with van der Waals surface area (Å²) in [6, 6.07) is 19.2. The quantitative estimate of drug-likeness (QED) is 0.293. The van der Waals surface area contributed by atoms with Crippen LogP contribution >= 0.6 is 23.4 Å². The number of ether oxygens (including phenoxy) is 2. The molecule has 1 atom stereocenters. The van der Waals surface area contributed by atoms with Gasteiger partial charge in [-0.25, -0.2) is 9.37 Å². The number of thioether (sulfide) groups is 1. The average molecular weight is 469 g/mol. The molecule has 0 saturated heterocycles. The predicted molar refractivity (Wildman–Crippen MR) is 123 cm³/mol. The lowest BCUT2D eigenvalue weighted by atomic mass is 10.2. The molecule has 5 nitrogen and oxygen atoms in total. The third-order valence-electron chi connectivity index (χ3n) is 5.19. The molecule has 0 amide bonds. The molecule has 4 aromatic rings. The lowest BCUT2D eigenvalue weighted by molar-refractivity contribution is 0.0757. The molecular weight excluding hydrogens is 451 g/mol. The number of halogens is 2. The first-order valence-corrected chi connectivity index (χ1v) is 11.4. The maximum absolute atomic E-state index is 14.3. The smallest absolute Gasteiger partial charge is 0.262 e. The van der Waals surface area contributed by atoms with Gasteiger partial charge in [0.1, 0.15) is 12.4 Å². The summed E-state index contributed by atoms with van der Waals surface area (Å²) in [5.41, 5.74) is 0.779. The van der Waals surface area contributed by atoms with Crippen molar-refractivity contribution in [3.63, 3.8) is 0 Å². The minimum absolute atomic E-state index is 0.180. The lowest BCUT2D eigenvalue weighted by Gasteiger charge is -2.27. The van der Waals surface area contributed by atoms with Crippen LogP contribution < -0.4 is 15.0 Å². The summed E-state index contributed by atoms with van der Waals surface area (Å²) < 4.78 is 27.7. The second-order valence-corrected chi connectivity index (χ2v) is 8.66. The summed E-state index contributed by atoms with van der Waals surface area (Å²) in [6.07, 6.45) is -0.373. The molecule has 0 aliphatic carbocycles. The molecule has 5 rings (SSSR count). The Bertz CT molecular complexity index is 1340. The number of fused-ring (bicyclic) bond motifs is 2. The third-order valence-corrected chi connectivity index (χ3v) is 6.54. The molecule has 0 saturated carbocycles. The maximum atomic E-state index is 14.3. The van der Waals surface area contributed by atoms with E-state index in [9.17, 15) is 9.18 Å². The third kappa shape index (κ3) is 4.06. The van der Waals surface area contributed by atoms with E-state index in [2.05, 4.69) is 4.98 Å². The second-order valence-electron chi connectivity index (χ2n) is 7.31. The number of hydrogen-bond acceptors (Lipinski definition) is 5. The van der Waals surface area contributed by atoms with Crippen molar-refractivity contribution in [1.82, 2.24) is 9.55 Å². The van der Waals surface area contributed by atoms with Crippen molar-refractivity contribution in [2.24, 2.45) is 0 Å². The molecule has 0 unspecified atom stereocenters. The molecule has 0 radical (unpaired) electrons. The van der Waals surface area contributed by atoms with E-state index >= 15 is 0 Å². The molecule has 1 aliphatic rings. The summed E-state index contributed by atoms with van der Waals surface area (Å²) in [7, 11) is 0. The van der Waals surface area contributed by atoms with Crippen LogP contribution in [0.5, 0.6) is 11.5 Å². The maximum Gasteiger partial charge on any atom is 0.262 e. The minimum atomic E-state index is -0.389. The fourth-order valence-electron chi connectivity index (χ4n) is 3.58. The first kappa shape index (κ1) is 20.8. The van der Waals surface area contributed by atoms with Crippen molar-refractivity contribution in [1.29, 1.82) is 0 Å². The SMILES string of the molecule is O=c1c2ccccc2nc(SCc2c(F)cccc2Cl)n1C[C@@H]1COc2ccccc2O1. The summed E-state index contributed by atoms with van der Waals surface area (Å²) >= 11 is 7.45. The van der Waals surface area contributed by atoms with E-state index in [1.165, 1.54) is 17.8 Å². The van der Waals surface area contributed by atoms with Crippen LogP contribution in [0.25, 0.3) is 10.9 Å². The van der Waals surface area contributed by atoms with Gasteiger partial charge in [-0.15, -0.1) is 0 Å². The molecule has 32 heavy (non-hydrogen) atoms. The van der Waals surface area contributed by atoms with Crippen LogP contribution in [0.15, 0.2) is 76.7 Å². The molecule has 0 N–H and O–H groups in total. The summed E-state index contributed by atoms with van der Waals surface area (Å²) in [4.78, 5) is 18.0. The van der Waals surface area contributed by atoms with Gasteiger partial charge in [-0.3, -0.25) is 9.36 Å². The zero-order valence-electron chi connectivity index (χ0n) is 16.8. The predicted octanol–water partition coefficient (Wildman–Crippen LogP) is 5.32. The molecule has 1 aromatic heterocycles. The number of hydrogen-bond donors (Lipinski definition) is 0. The molecular formula is C24H18ClFN2O3S. The minimum Gasteiger partial charge on any atom is -0.486 e. The summed E-state index contributed by atoms with van der Waals surface area (Å²) in [6.45, 7) is 0.553. The van der Waals surface area contributed by atoms with Crippen molar-refractivity contribution >= 4 is 34.3 Å². The lowest BCUT2D eigenvalue weighted by Crippen LogP contribution is -2.37. The zero-order chi connectivity index (χ0) is 22.1. The fraction of sp³-hybridized carbons (Fsp3) is 0.167. The number of rotatable bonds is 5. The molecule has 0 bridgehead atoms. The van der Waals surface area contributed by atoms with Crippen molar-refractivity contribution in [3.8, 4) is 11.5 Å². The van der Waals surface area contributed by atoms with Crippen molar-refractivity contribution < 1.29 is 13.9 Å². The Morgan fingerprint density at radius 2 is 1.84 bits per heavy atom. The van der Waals surface area contributed by atoms with E-state index in [1.54, 1.807) is 34.9 Å². The van der Waals surface area contributed by atoms with Gasteiger partial charge in [0.2, 0.25) is 0 Å². The van der Waals surface area contributed by atoms with Crippen LogP contribution in [0.2, 0.25) is 5.02 Å². The Hall–Kier alpha value is -3.03. The van der Waals surface area contributed by atoms with Gasteiger partial charge in [-0.2, -0.15) is 0 Å². The monoisotopic (exact) mass is 468 g/mol. The Labute approximate surface area is 192 Å². The molecule has 3 aromatic carbocycles. The molecule has 162 valence electrons. The van der Waals surface area contributed by atoms with Gasteiger partial charge in [0, 0.05) is 16.3 Å². The molecule has 2 heterocycles. The normalized spacial score (nSPS) is 15.1. The Morgan fingerprint density at radius 3 is 2.69 bits per heavy atom. The van der Waals surface area contributed by atoms with Gasteiger partial charge in [-0.05, 0) is 36.4 Å². The van der Waals surface area contributed by atoms with Gasteiger partial charge < -0.3 is 9.47 Å². The Balaban J connectivity index is 1.49. The molecule has 8 heteroatoms. The van der Waals surface area contributed by atoms with Gasteiger partial charge >= 0.3 is 0 Å².